The number of hydrogen-bond donors (Lipinski definition) is 0. The van der Waals surface area contributed by atoms with Crippen molar-refractivity contribution >= 4 is 21.8 Å². The van der Waals surface area contributed by atoms with Gasteiger partial charge in [-0.3, -0.25) is 4.70 Å². The molecule has 6 rings (SSSR count). The van der Waals surface area contributed by atoms with Crippen LogP contribution in [0.5, 0.6) is 0 Å². The van der Waals surface area contributed by atoms with E-state index >= 15 is 0 Å². The number of nitrogens with zero attached hydrogens (tertiary/aromatic N) is 1. The van der Waals surface area contributed by atoms with Crippen LogP contribution in [0.1, 0.15) is 11.1 Å². The topological polar surface area (TPSA) is 4.93 Å². The summed E-state index contributed by atoms with van der Waals surface area (Å²) in [5, 5.41) is 2.56. The molecular formula is C32H26FN. The molecule has 1 nitrogen and oxygen atoms in total. The van der Waals surface area contributed by atoms with Gasteiger partial charge in [0.05, 0.1) is 11.0 Å². The minimum atomic E-state index is 0. The summed E-state index contributed by atoms with van der Waals surface area (Å²) in [6.45, 7) is 4.37. The van der Waals surface area contributed by atoms with Crippen molar-refractivity contribution < 1.29 is 4.70 Å². The lowest BCUT2D eigenvalue weighted by molar-refractivity contribution is 1.11. The predicted octanol–water partition coefficient (Wildman–Crippen LogP) is 8.89. The summed E-state index contributed by atoms with van der Waals surface area (Å²) in [4.78, 5) is 0. The lowest BCUT2D eigenvalue weighted by Crippen LogP contribution is -1.93. The van der Waals surface area contributed by atoms with E-state index in [-0.39, 0.29) is 4.70 Å². The molecular weight excluding hydrogens is 417 g/mol. The summed E-state index contributed by atoms with van der Waals surface area (Å²) in [6, 6.07) is 41.7. The van der Waals surface area contributed by atoms with E-state index in [9.17, 15) is 0 Å². The van der Waals surface area contributed by atoms with E-state index in [0.717, 1.165) is 0 Å². The monoisotopic (exact) mass is 443 g/mol. The SMILES string of the molecule is Cc1ccccc1-c1ccc2c(c1)c1cc(-c3ccccc3C)ccc1n2-c1ccccc1.F. The Bertz CT molecular complexity index is 1520. The molecule has 0 aliphatic heterocycles. The number of para-hydroxylation sites is 1. The zero-order valence-electron chi connectivity index (χ0n) is 19.3. The molecule has 2 heteroatoms. The number of hydrogen-bond acceptors (Lipinski definition) is 0. The Kier molecular flexibility index (Phi) is 5.51. The van der Waals surface area contributed by atoms with E-state index in [0.29, 0.717) is 0 Å². The smallest absolute Gasteiger partial charge is 0.0541 e. The van der Waals surface area contributed by atoms with Gasteiger partial charge in [-0.25, -0.2) is 0 Å². The Hall–Kier alpha value is -4.17. The van der Waals surface area contributed by atoms with Crippen molar-refractivity contribution in [3.05, 3.63) is 126 Å². The Labute approximate surface area is 199 Å². The zero-order chi connectivity index (χ0) is 22.4. The summed E-state index contributed by atoms with van der Waals surface area (Å²) in [5.74, 6) is 0. The average Bonchev–Trinajstić information content (AvgIpc) is 3.18. The molecule has 166 valence electrons. The van der Waals surface area contributed by atoms with Crippen LogP contribution in [0.25, 0.3) is 49.7 Å². The lowest BCUT2D eigenvalue weighted by atomic mass is 9.97. The molecule has 6 aromatic rings. The molecule has 0 saturated carbocycles. The van der Waals surface area contributed by atoms with Gasteiger partial charge in [-0.15, -0.1) is 0 Å². The van der Waals surface area contributed by atoms with Crippen molar-refractivity contribution in [2.75, 3.05) is 0 Å². The third-order valence-corrected chi connectivity index (χ3v) is 6.69. The van der Waals surface area contributed by atoms with Crippen LogP contribution in [0.15, 0.2) is 115 Å². The minimum Gasteiger partial charge on any atom is -0.309 e. The van der Waals surface area contributed by atoms with E-state index in [1.54, 1.807) is 0 Å². The molecule has 0 saturated heterocycles. The van der Waals surface area contributed by atoms with Crippen molar-refractivity contribution in [2.24, 2.45) is 0 Å². The minimum absolute atomic E-state index is 0. The Morgan fingerprint density at radius 2 is 0.912 bits per heavy atom. The standard InChI is InChI=1S/C32H25N.FH/c1-22-10-6-8-14-27(22)24-16-18-31-29(20-24)30-21-25(28-15-9-7-11-23(28)2)17-19-32(30)33(31)26-12-4-3-5-13-26;/h3-21H,1-2H3;1H. The van der Waals surface area contributed by atoms with Crippen LogP contribution in [-0.2, 0) is 0 Å². The molecule has 0 aliphatic rings. The van der Waals surface area contributed by atoms with Crippen molar-refractivity contribution in [1.82, 2.24) is 4.57 Å². The van der Waals surface area contributed by atoms with Crippen molar-refractivity contribution in [2.45, 2.75) is 13.8 Å². The van der Waals surface area contributed by atoms with Crippen molar-refractivity contribution in [3.8, 4) is 27.9 Å². The van der Waals surface area contributed by atoms with E-state index in [4.69, 9.17) is 0 Å². The Balaban J connectivity index is 0.00000241. The van der Waals surface area contributed by atoms with Gasteiger partial charge < -0.3 is 4.57 Å². The molecule has 0 atom stereocenters. The maximum Gasteiger partial charge on any atom is 0.0541 e. The third kappa shape index (κ3) is 3.48. The fourth-order valence-corrected chi connectivity index (χ4v) is 5.01. The molecule has 1 aromatic heterocycles. The molecule has 0 spiro atoms. The number of benzene rings is 5. The summed E-state index contributed by atoms with van der Waals surface area (Å²) < 4.78 is 2.38. The van der Waals surface area contributed by atoms with Gasteiger partial charge in [0, 0.05) is 16.5 Å². The predicted molar refractivity (Wildman–Crippen MR) is 144 cm³/mol. The first kappa shape index (κ1) is 21.7. The van der Waals surface area contributed by atoms with Crippen molar-refractivity contribution in [3.63, 3.8) is 0 Å². The first-order valence-electron chi connectivity index (χ1n) is 11.5. The largest absolute Gasteiger partial charge is 0.309 e. The van der Waals surface area contributed by atoms with E-state index in [1.165, 1.54) is 60.9 Å². The molecule has 1 heterocycles. The van der Waals surface area contributed by atoms with Gasteiger partial charge in [-0.1, -0.05) is 78.9 Å². The second-order valence-electron chi connectivity index (χ2n) is 8.76. The number of aromatic nitrogens is 1. The summed E-state index contributed by atoms with van der Waals surface area (Å²) in [6.07, 6.45) is 0. The molecule has 0 N–H and O–H groups in total. The van der Waals surface area contributed by atoms with E-state index in [2.05, 4.69) is 134 Å². The average molecular weight is 444 g/mol. The van der Waals surface area contributed by atoms with Crippen LogP contribution in [0.4, 0.5) is 4.70 Å². The first-order chi connectivity index (χ1) is 16.2. The van der Waals surface area contributed by atoms with Crippen LogP contribution in [0, 0.1) is 13.8 Å². The van der Waals surface area contributed by atoms with Gasteiger partial charge in [-0.2, -0.15) is 0 Å². The summed E-state index contributed by atoms with van der Waals surface area (Å²) in [5.41, 5.74) is 11.3. The molecule has 0 fully saturated rings. The highest BCUT2D eigenvalue weighted by atomic mass is 19.0. The molecule has 5 aromatic carbocycles. The van der Waals surface area contributed by atoms with Crippen LogP contribution in [-0.4, -0.2) is 4.57 Å². The van der Waals surface area contributed by atoms with Crippen LogP contribution < -0.4 is 0 Å². The van der Waals surface area contributed by atoms with Crippen LogP contribution in [0.3, 0.4) is 0 Å². The maximum absolute atomic E-state index is 2.38. The third-order valence-electron chi connectivity index (χ3n) is 6.69. The van der Waals surface area contributed by atoms with Gasteiger partial charge in [0.15, 0.2) is 0 Å². The summed E-state index contributed by atoms with van der Waals surface area (Å²) >= 11 is 0. The lowest BCUT2D eigenvalue weighted by Gasteiger charge is -2.09. The maximum atomic E-state index is 2.38. The highest BCUT2D eigenvalue weighted by Gasteiger charge is 2.15. The molecule has 34 heavy (non-hydrogen) atoms. The van der Waals surface area contributed by atoms with Crippen LogP contribution >= 0.6 is 0 Å². The number of fused-ring (bicyclic) bond motifs is 3. The molecule has 0 unspecified atom stereocenters. The number of halogens is 1. The second kappa shape index (κ2) is 8.64. The fraction of sp³-hybridized carbons (Fsp3) is 0.0625. The fourth-order valence-electron chi connectivity index (χ4n) is 5.01. The van der Waals surface area contributed by atoms with Gasteiger partial charge >= 0.3 is 0 Å². The molecule has 0 radical (unpaired) electrons. The Morgan fingerprint density at radius 1 is 0.471 bits per heavy atom. The number of aryl methyl sites for hydroxylation is 2. The molecule has 0 aliphatic carbocycles. The van der Waals surface area contributed by atoms with Gasteiger partial charge in [0.1, 0.15) is 0 Å². The normalized spacial score (nSPS) is 11.0. The summed E-state index contributed by atoms with van der Waals surface area (Å²) in [7, 11) is 0. The zero-order valence-corrected chi connectivity index (χ0v) is 19.3. The van der Waals surface area contributed by atoms with E-state index < -0.39 is 0 Å². The number of rotatable bonds is 3. The second-order valence-corrected chi connectivity index (χ2v) is 8.76. The van der Waals surface area contributed by atoms with Crippen molar-refractivity contribution in [1.29, 1.82) is 0 Å². The van der Waals surface area contributed by atoms with Gasteiger partial charge in [0.25, 0.3) is 0 Å². The molecule has 0 bridgehead atoms. The highest BCUT2D eigenvalue weighted by Crippen LogP contribution is 2.37. The first-order valence-corrected chi connectivity index (χ1v) is 11.5. The van der Waals surface area contributed by atoms with E-state index in [1.807, 2.05) is 0 Å². The Morgan fingerprint density at radius 3 is 1.38 bits per heavy atom. The highest BCUT2D eigenvalue weighted by molar-refractivity contribution is 6.11. The molecule has 0 amide bonds. The van der Waals surface area contributed by atoms with Crippen LogP contribution in [0.2, 0.25) is 0 Å². The van der Waals surface area contributed by atoms with Gasteiger partial charge in [-0.05, 0) is 83.6 Å². The quantitative estimate of drug-likeness (QED) is 0.257. The van der Waals surface area contributed by atoms with Gasteiger partial charge in [0.2, 0.25) is 0 Å².